The van der Waals surface area contributed by atoms with E-state index in [2.05, 4.69) is 79.5 Å². The van der Waals surface area contributed by atoms with Crippen LogP contribution in [0.3, 0.4) is 0 Å². The van der Waals surface area contributed by atoms with E-state index < -0.39 is 0 Å². The molecule has 4 aromatic rings. The summed E-state index contributed by atoms with van der Waals surface area (Å²) in [6.07, 6.45) is 3.99. The number of hydrogen-bond donors (Lipinski definition) is 1. The van der Waals surface area contributed by atoms with Gasteiger partial charge in [-0.15, -0.1) is 22.8 Å². The fourth-order valence-corrected chi connectivity index (χ4v) is 5.56. The maximum atomic E-state index is 5.28. The van der Waals surface area contributed by atoms with Crippen LogP contribution in [0.25, 0.3) is 11.0 Å². The molecule has 31 heavy (non-hydrogen) atoms. The minimum Gasteiger partial charge on any atom is -0.497 e. The summed E-state index contributed by atoms with van der Waals surface area (Å²) < 4.78 is 10.5. The summed E-state index contributed by atoms with van der Waals surface area (Å²) in [5.74, 6) is 2.47. The van der Waals surface area contributed by atoms with Crippen LogP contribution in [0.1, 0.15) is 36.7 Å². The Kier molecular flexibility index (Phi) is 5.09. The Morgan fingerprint density at radius 2 is 1.94 bits per heavy atom. The van der Waals surface area contributed by atoms with Gasteiger partial charge in [0.1, 0.15) is 17.1 Å². The summed E-state index contributed by atoms with van der Waals surface area (Å²) in [5.41, 5.74) is 4.35. The standard InChI is InChI=1S/C23H24BrN5OS/c1-14-10-23(11-14,21-26-27-22(31)28(21)2)16-8-18(24)20-19(9-16)29(13-25-20)12-15-4-6-17(30-3)7-5-15/h4-9,13-14H,10-12H2,1-3H3,(H,27,31). The lowest BCUT2D eigenvalue weighted by atomic mass is 9.58. The summed E-state index contributed by atoms with van der Waals surface area (Å²) in [6, 6.07) is 12.6. The van der Waals surface area contributed by atoms with Crippen molar-refractivity contribution in [2.24, 2.45) is 13.0 Å². The van der Waals surface area contributed by atoms with E-state index in [0.29, 0.717) is 11.1 Å². The highest BCUT2D eigenvalue weighted by Gasteiger charge is 2.48. The molecule has 0 saturated heterocycles. The molecular weight excluding hydrogens is 474 g/mol. The molecule has 5 rings (SSSR count). The Hall–Kier alpha value is -2.32. The molecule has 1 saturated carbocycles. The van der Waals surface area contributed by atoms with Crippen LogP contribution in [0.4, 0.5) is 0 Å². The van der Waals surface area contributed by atoms with Gasteiger partial charge in [0, 0.05) is 18.1 Å². The third kappa shape index (κ3) is 3.36. The number of fused-ring (bicyclic) bond motifs is 1. The number of rotatable bonds is 5. The topological polar surface area (TPSA) is 57.8 Å². The number of thiol groups is 1. The van der Waals surface area contributed by atoms with E-state index in [0.717, 1.165) is 46.5 Å². The van der Waals surface area contributed by atoms with Crippen LogP contribution in [0, 0.1) is 5.92 Å². The first kappa shape index (κ1) is 20.6. The monoisotopic (exact) mass is 497 g/mol. The van der Waals surface area contributed by atoms with Crippen molar-refractivity contribution in [1.29, 1.82) is 0 Å². The third-order valence-electron chi connectivity index (χ3n) is 6.42. The lowest BCUT2D eigenvalue weighted by Crippen LogP contribution is -2.43. The molecule has 8 heteroatoms. The maximum Gasteiger partial charge on any atom is 0.187 e. The van der Waals surface area contributed by atoms with E-state index in [4.69, 9.17) is 4.74 Å². The molecule has 0 N–H and O–H groups in total. The Labute approximate surface area is 195 Å². The number of hydrogen-bond acceptors (Lipinski definition) is 5. The average Bonchev–Trinajstić information content (AvgIpc) is 3.30. The highest BCUT2D eigenvalue weighted by molar-refractivity contribution is 9.10. The fourth-order valence-electron chi connectivity index (χ4n) is 4.87. The zero-order valence-electron chi connectivity index (χ0n) is 17.7. The van der Waals surface area contributed by atoms with Gasteiger partial charge in [0.25, 0.3) is 0 Å². The number of imidazole rings is 1. The first-order valence-corrected chi connectivity index (χ1v) is 11.5. The number of benzene rings is 2. The molecule has 0 radical (unpaired) electrons. The van der Waals surface area contributed by atoms with Crippen molar-refractivity contribution >= 4 is 39.6 Å². The normalized spacial score (nSPS) is 20.7. The zero-order chi connectivity index (χ0) is 21.8. The van der Waals surface area contributed by atoms with Crippen molar-refractivity contribution in [3.8, 4) is 5.75 Å². The van der Waals surface area contributed by atoms with Crippen LogP contribution in [0.15, 0.2) is 52.4 Å². The molecule has 0 aliphatic heterocycles. The molecule has 6 nitrogen and oxygen atoms in total. The van der Waals surface area contributed by atoms with Gasteiger partial charge in [-0.25, -0.2) is 4.98 Å². The Morgan fingerprint density at radius 3 is 2.55 bits per heavy atom. The molecule has 0 unspecified atom stereocenters. The van der Waals surface area contributed by atoms with E-state index in [-0.39, 0.29) is 5.41 Å². The van der Waals surface area contributed by atoms with Crippen molar-refractivity contribution in [3.05, 3.63) is 64.1 Å². The first-order chi connectivity index (χ1) is 14.9. The largest absolute Gasteiger partial charge is 0.497 e. The molecule has 0 atom stereocenters. The molecule has 0 amide bonds. The first-order valence-electron chi connectivity index (χ1n) is 10.3. The summed E-state index contributed by atoms with van der Waals surface area (Å²) in [7, 11) is 3.67. The lowest BCUT2D eigenvalue weighted by Gasteiger charge is -2.46. The molecule has 0 bridgehead atoms. The van der Waals surface area contributed by atoms with Crippen molar-refractivity contribution in [3.63, 3.8) is 0 Å². The average molecular weight is 498 g/mol. The molecule has 2 aromatic heterocycles. The van der Waals surface area contributed by atoms with Gasteiger partial charge in [0.2, 0.25) is 0 Å². The van der Waals surface area contributed by atoms with Gasteiger partial charge < -0.3 is 13.9 Å². The zero-order valence-corrected chi connectivity index (χ0v) is 20.2. The Morgan fingerprint density at radius 1 is 1.19 bits per heavy atom. The number of halogens is 1. The van der Waals surface area contributed by atoms with Crippen LogP contribution in [0.2, 0.25) is 0 Å². The van der Waals surface area contributed by atoms with E-state index in [9.17, 15) is 0 Å². The van der Waals surface area contributed by atoms with Gasteiger partial charge in [-0.1, -0.05) is 19.1 Å². The van der Waals surface area contributed by atoms with Crippen LogP contribution < -0.4 is 4.74 Å². The summed E-state index contributed by atoms with van der Waals surface area (Å²) in [5, 5.41) is 9.36. The van der Waals surface area contributed by atoms with E-state index in [1.807, 2.05) is 30.1 Å². The molecular formula is C23H24BrN5OS. The predicted molar refractivity (Wildman–Crippen MR) is 127 cm³/mol. The summed E-state index contributed by atoms with van der Waals surface area (Å²) in [4.78, 5) is 4.67. The molecule has 0 spiro atoms. The molecule has 1 aliphatic rings. The van der Waals surface area contributed by atoms with Crippen molar-refractivity contribution < 1.29 is 4.74 Å². The third-order valence-corrected chi connectivity index (χ3v) is 7.41. The van der Waals surface area contributed by atoms with E-state index in [1.54, 1.807) is 7.11 Å². The molecule has 1 aliphatic carbocycles. The minimum atomic E-state index is -0.159. The smallest absolute Gasteiger partial charge is 0.187 e. The minimum absolute atomic E-state index is 0.159. The number of nitrogens with zero attached hydrogens (tertiary/aromatic N) is 5. The second-order valence-corrected chi connectivity index (χ2v) is 9.78. The van der Waals surface area contributed by atoms with E-state index in [1.165, 1.54) is 11.1 Å². The van der Waals surface area contributed by atoms with Gasteiger partial charge in [-0.2, -0.15) is 0 Å². The van der Waals surface area contributed by atoms with Crippen LogP contribution >= 0.6 is 28.6 Å². The summed E-state index contributed by atoms with van der Waals surface area (Å²) >= 11 is 8.23. The van der Waals surface area contributed by atoms with Gasteiger partial charge in [0.05, 0.1) is 24.4 Å². The van der Waals surface area contributed by atoms with Crippen LogP contribution in [0.5, 0.6) is 5.75 Å². The van der Waals surface area contributed by atoms with Gasteiger partial charge in [0.15, 0.2) is 5.16 Å². The highest BCUT2D eigenvalue weighted by atomic mass is 79.9. The van der Waals surface area contributed by atoms with Crippen molar-refractivity contribution in [2.45, 2.75) is 36.9 Å². The Balaban J connectivity index is 1.59. The van der Waals surface area contributed by atoms with Crippen LogP contribution in [-0.2, 0) is 19.0 Å². The second-order valence-electron chi connectivity index (χ2n) is 8.52. The SMILES string of the molecule is COc1ccc(Cn2cnc3c(Br)cc(C4(c5nnc(S)n5C)CC(C)C4)cc32)cc1. The van der Waals surface area contributed by atoms with E-state index >= 15 is 0 Å². The number of methoxy groups -OCH3 is 1. The molecule has 1 fully saturated rings. The maximum absolute atomic E-state index is 5.28. The van der Waals surface area contributed by atoms with Gasteiger partial charge in [-0.3, -0.25) is 0 Å². The molecule has 2 aromatic carbocycles. The lowest BCUT2D eigenvalue weighted by molar-refractivity contribution is 0.184. The van der Waals surface area contributed by atoms with Crippen LogP contribution in [-0.4, -0.2) is 31.4 Å². The predicted octanol–water partition coefficient (Wildman–Crippen LogP) is 4.99. The number of aromatic nitrogens is 5. The second kappa shape index (κ2) is 7.67. The summed E-state index contributed by atoms with van der Waals surface area (Å²) in [6.45, 7) is 3.03. The van der Waals surface area contributed by atoms with Crippen molar-refractivity contribution in [1.82, 2.24) is 24.3 Å². The number of ether oxygens (including phenoxy) is 1. The Bertz CT molecular complexity index is 1260. The van der Waals surface area contributed by atoms with Gasteiger partial charge >= 0.3 is 0 Å². The fraction of sp³-hybridized carbons (Fsp3) is 0.348. The van der Waals surface area contributed by atoms with Crippen molar-refractivity contribution in [2.75, 3.05) is 7.11 Å². The molecule has 2 heterocycles. The quantitative estimate of drug-likeness (QED) is 0.394. The van der Waals surface area contributed by atoms with Gasteiger partial charge in [-0.05, 0) is 70.1 Å². The highest BCUT2D eigenvalue weighted by Crippen LogP contribution is 2.52. The molecule has 160 valence electrons.